The molecule has 0 radical (unpaired) electrons. The number of nitrogens with zero attached hydrogens (tertiary/aromatic N) is 3. The summed E-state index contributed by atoms with van der Waals surface area (Å²) in [5, 5.41) is 0. The van der Waals surface area contributed by atoms with Crippen molar-refractivity contribution in [1.29, 1.82) is 0 Å². The highest BCUT2D eigenvalue weighted by molar-refractivity contribution is 5.73. The number of amides is 1. The summed E-state index contributed by atoms with van der Waals surface area (Å²) < 4.78 is 0. The van der Waals surface area contributed by atoms with Gasteiger partial charge < -0.3 is 14.7 Å². The second-order valence-electron chi connectivity index (χ2n) is 8.85. The van der Waals surface area contributed by atoms with E-state index in [-0.39, 0.29) is 5.91 Å². The molecule has 4 nitrogen and oxygen atoms in total. The van der Waals surface area contributed by atoms with E-state index in [0.717, 1.165) is 31.0 Å². The number of hydrogen-bond donors (Lipinski definition) is 0. The first kappa shape index (κ1) is 25.4. The minimum atomic E-state index is 0.231. The van der Waals surface area contributed by atoms with Gasteiger partial charge in [-0.1, -0.05) is 34.6 Å². The van der Waals surface area contributed by atoms with Crippen molar-refractivity contribution in [2.24, 2.45) is 11.8 Å². The maximum absolute atomic E-state index is 10.7. The average molecular weight is 396 g/mol. The van der Waals surface area contributed by atoms with E-state index in [2.05, 4.69) is 30.6 Å². The fourth-order valence-electron chi connectivity index (χ4n) is 4.76. The molecule has 0 N–H and O–H groups in total. The Bertz CT molecular complexity index is 391. The Balaban J connectivity index is 0.000000301. The Labute approximate surface area is 176 Å². The van der Waals surface area contributed by atoms with Gasteiger partial charge in [0.25, 0.3) is 0 Å². The minimum Gasteiger partial charge on any atom is -0.343 e. The van der Waals surface area contributed by atoms with E-state index in [0.29, 0.717) is 0 Å². The largest absolute Gasteiger partial charge is 0.343 e. The van der Waals surface area contributed by atoms with Gasteiger partial charge in [0, 0.05) is 26.1 Å². The van der Waals surface area contributed by atoms with Crippen LogP contribution < -0.4 is 0 Å². The Morgan fingerprint density at radius 3 is 1.79 bits per heavy atom. The molecule has 0 spiro atoms. The second kappa shape index (κ2) is 14.4. The number of carbonyl (C=O) groups excluding carboxylic acids is 1. The van der Waals surface area contributed by atoms with Crippen LogP contribution in [-0.4, -0.2) is 72.5 Å². The van der Waals surface area contributed by atoms with Gasteiger partial charge in [-0.2, -0.15) is 0 Å². The quantitative estimate of drug-likeness (QED) is 0.681. The summed E-state index contributed by atoms with van der Waals surface area (Å²) in [5.41, 5.74) is 0. The molecule has 3 heterocycles. The average Bonchev–Trinajstić information content (AvgIpc) is 2.76. The lowest BCUT2D eigenvalue weighted by Gasteiger charge is -2.42. The molecule has 0 aromatic rings. The zero-order chi connectivity index (χ0) is 20.9. The third-order valence-corrected chi connectivity index (χ3v) is 6.84. The van der Waals surface area contributed by atoms with Crippen LogP contribution in [0.4, 0.5) is 0 Å². The maximum Gasteiger partial charge on any atom is 0.219 e. The first-order valence-corrected chi connectivity index (χ1v) is 12.2. The predicted octanol–water partition coefficient (Wildman–Crippen LogP) is 4.88. The van der Waals surface area contributed by atoms with Crippen molar-refractivity contribution >= 4 is 5.91 Å². The van der Waals surface area contributed by atoms with Gasteiger partial charge in [0.15, 0.2) is 0 Å². The van der Waals surface area contributed by atoms with Crippen molar-refractivity contribution in [3.8, 4) is 0 Å². The van der Waals surface area contributed by atoms with Crippen LogP contribution in [0.2, 0.25) is 0 Å². The van der Waals surface area contributed by atoms with E-state index >= 15 is 0 Å². The molecule has 0 saturated carbocycles. The molecular formula is C24H49N3O. The molecule has 3 aliphatic rings. The SMILES string of the molecule is CC.CC(=O)N1CCCCC1.CCN1CCC(N2CCC(C(C)C)CC2)CC1. The van der Waals surface area contributed by atoms with Crippen molar-refractivity contribution in [1.82, 2.24) is 14.7 Å². The van der Waals surface area contributed by atoms with Crippen molar-refractivity contribution in [3.63, 3.8) is 0 Å². The lowest BCUT2D eigenvalue weighted by Crippen LogP contribution is -2.48. The van der Waals surface area contributed by atoms with E-state index < -0.39 is 0 Å². The lowest BCUT2D eigenvalue weighted by molar-refractivity contribution is -0.129. The lowest BCUT2D eigenvalue weighted by atomic mass is 9.85. The molecule has 0 bridgehead atoms. The van der Waals surface area contributed by atoms with E-state index in [9.17, 15) is 4.79 Å². The molecule has 28 heavy (non-hydrogen) atoms. The molecule has 3 rings (SSSR count). The summed E-state index contributed by atoms with van der Waals surface area (Å²) >= 11 is 0. The Hall–Kier alpha value is -0.610. The van der Waals surface area contributed by atoms with Gasteiger partial charge in [-0.05, 0) is 89.5 Å². The summed E-state index contributed by atoms with van der Waals surface area (Å²) in [7, 11) is 0. The molecule has 0 aromatic carbocycles. The zero-order valence-corrected chi connectivity index (χ0v) is 19.9. The summed E-state index contributed by atoms with van der Waals surface area (Å²) in [4.78, 5) is 18.0. The van der Waals surface area contributed by atoms with Crippen LogP contribution in [0.5, 0.6) is 0 Å². The van der Waals surface area contributed by atoms with Gasteiger partial charge >= 0.3 is 0 Å². The van der Waals surface area contributed by atoms with E-state index in [1.165, 1.54) is 77.7 Å². The van der Waals surface area contributed by atoms with Crippen LogP contribution in [0.1, 0.15) is 86.5 Å². The number of piperidine rings is 3. The first-order valence-electron chi connectivity index (χ1n) is 12.2. The summed E-state index contributed by atoms with van der Waals surface area (Å²) in [6, 6.07) is 0.894. The molecule has 4 heteroatoms. The van der Waals surface area contributed by atoms with Crippen LogP contribution in [-0.2, 0) is 4.79 Å². The normalized spacial score (nSPS) is 22.9. The van der Waals surface area contributed by atoms with E-state index in [4.69, 9.17) is 0 Å². The van der Waals surface area contributed by atoms with Gasteiger partial charge in [0.1, 0.15) is 0 Å². The Kier molecular flexibility index (Phi) is 13.1. The monoisotopic (exact) mass is 395 g/mol. The smallest absolute Gasteiger partial charge is 0.219 e. The summed E-state index contributed by atoms with van der Waals surface area (Å²) in [6.07, 6.45) is 9.36. The summed E-state index contributed by atoms with van der Waals surface area (Å²) in [6.45, 7) is 21.3. The van der Waals surface area contributed by atoms with Crippen molar-refractivity contribution in [2.75, 3.05) is 45.8 Å². The van der Waals surface area contributed by atoms with Crippen LogP contribution in [0.3, 0.4) is 0 Å². The fourth-order valence-corrected chi connectivity index (χ4v) is 4.76. The molecule has 1 amide bonds. The maximum atomic E-state index is 10.7. The Morgan fingerprint density at radius 2 is 1.39 bits per heavy atom. The van der Waals surface area contributed by atoms with Crippen LogP contribution in [0.25, 0.3) is 0 Å². The molecule has 0 aromatic heterocycles. The molecule has 166 valence electrons. The summed E-state index contributed by atoms with van der Waals surface area (Å²) in [5.74, 6) is 2.11. The first-order chi connectivity index (χ1) is 13.5. The molecule has 0 aliphatic carbocycles. The highest BCUT2D eigenvalue weighted by Crippen LogP contribution is 2.27. The van der Waals surface area contributed by atoms with Gasteiger partial charge in [-0.25, -0.2) is 0 Å². The van der Waals surface area contributed by atoms with Crippen LogP contribution in [0, 0.1) is 11.8 Å². The topological polar surface area (TPSA) is 26.8 Å². The molecule has 0 unspecified atom stereocenters. The number of rotatable bonds is 3. The zero-order valence-electron chi connectivity index (χ0n) is 19.9. The fraction of sp³-hybridized carbons (Fsp3) is 0.958. The molecular weight excluding hydrogens is 346 g/mol. The highest BCUT2D eigenvalue weighted by Gasteiger charge is 2.28. The molecule has 3 aliphatic heterocycles. The van der Waals surface area contributed by atoms with Crippen molar-refractivity contribution in [2.45, 2.75) is 92.5 Å². The molecule has 0 atom stereocenters. The molecule has 3 fully saturated rings. The predicted molar refractivity (Wildman–Crippen MR) is 122 cm³/mol. The minimum absolute atomic E-state index is 0.231. The second-order valence-corrected chi connectivity index (χ2v) is 8.85. The number of carbonyl (C=O) groups is 1. The van der Waals surface area contributed by atoms with Gasteiger partial charge in [-0.3, -0.25) is 4.79 Å². The van der Waals surface area contributed by atoms with Crippen molar-refractivity contribution < 1.29 is 4.79 Å². The van der Waals surface area contributed by atoms with Crippen LogP contribution >= 0.6 is 0 Å². The van der Waals surface area contributed by atoms with Gasteiger partial charge in [0.05, 0.1) is 0 Å². The number of hydrogen-bond acceptors (Lipinski definition) is 3. The standard InChI is InChI=1S/C15H30N2.C7H13NO.C2H6/c1-4-16-9-7-15(8-10-16)17-11-5-14(6-12-17)13(2)3;1-7(9)8-5-3-2-4-6-8;1-2/h13-15H,4-12H2,1-3H3;2-6H2,1H3;1-2H3. The van der Waals surface area contributed by atoms with Crippen molar-refractivity contribution in [3.05, 3.63) is 0 Å². The third-order valence-electron chi connectivity index (χ3n) is 6.84. The van der Waals surface area contributed by atoms with Gasteiger partial charge in [0.2, 0.25) is 5.91 Å². The highest BCUT2D eigenvalue weighted by atomic mass is 16.2. The van der Waals surface area contributed by atoms with E-state index in [1.807, 2.05) is 18.7 Å². The molecule has 3 saturated heterocycles. The Morgan fingerprint density at radius 1 is 0.857 bits per heavy atom. The third kappa shape index (κ3) is 8.82. The van der Waals surface area contributed by atoms with Gasteiger partial charge in [-0.15, -0.1) is 0 Å². The number of likely N-dealkylation sites (tertiary alicyclic amines) is 3. The van der Waals surface area contributed by atoms with E-state index in [1.54, 1.807) is 6.92 Å². The van der Waals surface area contributed by atoms with Crippen LogP contribution in [0.15, 0.2) is 0 Å².